The third kappa shape index (κ3) is 4.42. The number of nitrogens with zero attached hydrogens (tertiary/aromatic N) is 2. The molecule has 0 spiro atoms. The lowest BCUT2D eigenvalue weighted by molar-refractivity contribution is 0.423. The molecule has 0 radical (unpaired) electrons. The number of hydrogen-bond donors (Lipinski definition) is 1. The van der Waals surface area contributed by atoms with E-state index in [2.05, 4.69) is 88.3 Å². The zero-order valence-corrected chi connectivity index (χ0v) is 14.6. The topological polar surface area (TPSA) is 29.9 Å². The van der Waals surface area contributed by atoms with E-state index < -0.39 is 0 Å². The maximum atomic E-state index is 4.68. The molecule has 1 atom stereocenters. The number of rotatable bonds is 7. The Morgan fingerprint density at radius 1 is 1.14 bits per heavy atom. The van der Waals surface area contributed by atoms with Crippen LogP contribution < -0.4 is 5.32 Å². The first kappa shape index (κ1) is 16.2. The highest BCUT2D eigenvalue weighted by atomic mass is 79.9. The van der Waals surface area contributed by atoms with Crippen LogP contribution in [0.25, 0.3) is 0 Å². The molecule has 2 aromatic rings. The van der Waals surface area contributed by atoms with Crippen LogP contribution in [-0.4, -0.2) is 9.78 Å². The lowest BCUT2D eigenvalue weighted by Crippen LogP contribution is -2.18. The van der Waals surface area contributed by atoms with Gasteiger partial charge in [0.2, 0.25) is 0 Å². The third-order valence-electron chi connectivity index (χ3n) is 3.94. The van der Waals surface area contributed by atoms with Gasteiger partial charge >= 0.3 is 0 Å². The van der Waals surface area contributed by atoms with Gasteiger partial charge in [-0.25, -0.2) is 0 Å². The molecule has 1 N–H and O–H groups in total. The van der Waals surface area contributed by atoms with Crippen LogP contribution in [0.15, 0.2) is 41.0 Å². The molecule has 0 saturated carbocycles. The first-order valence-electron chi connectivity index (χ1n) is 7.66. The van der Waals surface area contributed by atoms with Gasteiger partial charge in [-0.05, 0) is 43.5 Å². The van der Waals surface area contributed by atoms with Crippen molar-refractivity contribution in [2.45, 2.75) is 52.2 Å². The molecule has 114 valence electrons. The molecule has 0 bridgehead atoms. The van der Waals surface area contributed by atoms with Crippen LogP contribution in [0.5, 0.6) is 0 Å². The Morgan fingerprint density at radius 2 is 1.81 bits per heavy atom. The van der Waals surface area contributed by atoms with Crippen molar-refractivity contribution in [1.29, 1.82) is 0 Å². The van der Waals surface area contributed by atoms with Crippen LogP contribution in [0.1, 0.15) is 57.0 Å². The number of halogens is 1. The predicted molar refractivity (Wildman–Crippen MR) is 91.2 cm³/mol. The summed E-state index contributed by atoms with van der Waals surface area (Å²) in [4.78, 5) is 0. The van der Waals surface area contributed by atoms with Crippen molar-refractivity contribution >= 4 is 15.9 Å². The van der Waals surface area contributed by atoms with Crippen molar-refractivity contribution in [2.75, 3.05) is 0 Å². The standard InChI is InChI=1S/C17H24BrN3/c1-4-17(5-2)21-11-10-16(20-21)12-19-13(3)14-6-8-15(18)9-7-14/h6-11,13,17,19H,4-5,12H2,1-3H3/t13-/m0/s1. The van der Waals surface area contributed by atoms with Gasteiger partial charge in [-0.1, -0.05) is 41.9 Å². The van der Waals surface area contributed by atoms with Crippen LogP contribution in [-0.2, 0) is 6.54 Å². The van der Waals surface area contributed by atoms with Gasteiger partial charge in [0.25, 0.3) is 0 Å². The van der Waals surface area contributed by atoms with Crippen molar-refractivity contribution in [1.82, 2.24) is 15.1 Å². The predicted octanol–water partition coefficient (Wildman–Crippen LogP) is 4.86. The molecule has 1 aromatic heterocycles. The van der Waals surface area contributed by atoms with Gasteiger partial charge in [0.05, 0.1) is 11.7 Å². The molecule has 1 heterocycles. The Kier molecular flexibility index (Phi) is 6.00. The van der Waals surface area contributed by atoms with E-state index in [-0.39, 0.29) is 0 Å². The van der Waals surface area contributed by atoms with Crippen molar-refractivity contribution in [3.63, 3.8) is 0 Å². The second-order valence-corrected chi connectivity index (χ2v) is 6.33. The zero-order chi connectivity index (χ0) is 15.2. The molecule has 2 rings (SSSR count). The van der Waals surface area contributed by atoms with Crippen LogP contribution in [0.4, 0.5) is 0 Å². The fraction of sp³-hybridized carbons (Fsp3) is 0.471. The summed E-state index contributed by atoms with van der Waals surface area (Å²) in [5, 5.41) is 8.21. The first-order chi connectivity index (χ1) is 10.1. The van der Waals surface area contributed by atoms with Gasteiger partial charge in [0.15, 0.2) is 0 Å². The molecule has 0 amide bonds. The Labute approximate surface area is 135 Å². The molecule has 3 nitrogen and oxygen atoms in total. The quantitative estimate of drug-likeness (QED) is 0.773. The van der Waals surface area contributed by atoms with Gasteiger partial charge < -0.3 is 5.32 Å². The molecule has 21 heavy (non-hydrogen) atoms. The molecule has 0 aliphatic carbocycles. The number of aromatic nitrogens is 2. The third-order valence-corrected chi connectivity index (χ3v) is 4.47. The molecule has 0 aliphatic heterocycles. The highest BCUT2D eigenvalue weighted by molar-refractivity contribution is 9.10. The van der Waals surface area contributed by atoms with E-state index in [0.717, 1.165) is 29.6 Å². The number of nitrogens with one attached hydrogen (secondary N) is 1. The lowest BCUT2D eigenvalue weighted by atomic mass is 10.1. The minimum absolute atomic E-state index is 0.316. The fourth-order valence-electron chi connectivity index (χ4n) is 2.46. The Bertz CT molecular complexity index is 543. The number of benzene rings is 1. The molecular weight excluding hydrogens is 326 g/mol. The summed E-state index contributed by atoms with van der Waals surface area (Å²) < 4.78 is 3.21. The van der Waals surface area contributed by atoms with Gasteiger partial charge in [-0.15, -0.1) is 0 Å². The summed E-state index contributed by atoms with van der Waals surface area (Å²) >= 11 is 3.47. The highest BCUT2D eigenvalue weighted by Gasteiger charge is 2.09. The summed E-state index contributed by atoms with van der Waals surface area (Å²) in [6.07, 6.45) is 4.35. The molecule has 0 unspecified atom stereocenters. The SMILES string of the molecule is CCC(CC)n1ccc(CN[C@@H](C)c2ccc(Br)cc2)n1. The Balaban J connectivity index is 1.92. The average molecular weight is 350 g/mol. The van der Waals surface area contributed by atoms with E-state index in [4.69, 9.17) is 0 Å². The fourth-order valence-corrected chi connectivity index (χ4v) is 2.73. The molecular formula is C17H24BrN3. The van der Waals surface area contributed by atoms with Crippen LogP contribution >= 0.6 is 15.9 Å². The number of hydrogen-bond acceptors (Lipinski definition) is 2. The summed E-state index contributed by atoms with van der Waals surface area (Å²) in [5.41, 5.74) is 2.39. The normalized spacial score (nSPS) is 12.8. The van der Waals surface area contributed by atoms with E-state index in [0.29, 0.717) is 12.1 Å². The highest BCUT2D eigenvalue weighted by Crippen LogP contribution is 2.17. The van der Waals surface area contributed by atoms with E-state index in [1.165, 1.54) is 5.56 Å². The smallest absolute Gasteiger partial charge is 0.0762 e. The average Bonchev–Trinajstić information content (AvgIpc) is 2.96. The van der Waals surface area contributed by atoms with E-state index in [1.54, 1.807) is 0 Å². The van der Waals surface area contributed by atoms with Gasteiger partial charge in [-0.2, -0.15) is 5.10 Å². The summed E-state index contributed by atoms with van der Waals surface area (Å²) in [6, 6.07) is 11.4. The second-order valence-electron chi connectivity index (χ2n) is 5.41. The zero-order valence-electron chi connectivity index (χ0n) is 13.0. The minimum Gasteiger partial charge on any atom is -0.304 e. The maximum absolute atomic E-state index is 4.68. The van der Waals surface area contributed by atoms with Crippen molar-refractivity contribution < 1.29 is 0 Å². The molecule has 0 fully saturated rings. The van der Waals surface area contributed by atoms with Crippen molar-refractivity contribution in [2.24, 2.45) is 0 Å². The van der Waals surface area contributed by atoms with Crippen molar-refractivity contribution in [3.05, 3.63) is 52.3 Å². The molecule has 4 heteroatoms. The molecule has 1 aromatic carbocycles. The van der Waals surface area contributed by atoms with E-state index in [1.807, 2.05) is 0 Å². The Hall–Kier alpha value is -1.13. The summed E-state index contributed by atoms with van der Waals surface area (Å²) in [7, 11) is 0. The van der Waals surface area contributed by atoms with Gasteiger partial charge in [0, 0.05) is 23.3 Å². The van der Waals surface area contributed by atoms with E-state index in [9.17, 15) is 0 Å². The van der Waals surface area contributed by atoms with Crippen molar-refractivity contribution in [3.8, 4) is 0 Å². The second kappa shape index (κ2) is 7.76. The first-order valence-corrected chi connectivity index (χ1v) is 8.46. The van der Waals surface area contributed by atoms with Crippen LogP contribution in [0.3, 0.4) is 0 Å². The summed E-state index contributed by atoms with van der Waals surface area (Å²) in [6.45, 7) is 7.40. The Morgan fingerprint density at radius 3 is 2.43 bits per heavy atom. The summed E-state index contributed by atoms with van der Waals surface area (Å²) in [5.74, 6) is 0. The van der Waals surface area contributed by atoms with Crippen LogP contribution in [0.2, 0.25) is 0 Å². The monoisotopic (exact) mass is 349 g/mol. The molecule has 0 aliphatic rings. The lowest BCUT2D eigenvalue weighted by Gasteiger charge is -2.14. The van der Waals surface area contributed by atoms with Gasteiger partial charge in [-0.3, -0.25) is 4.68 Å². The largest absolute Gasteiger partial charge is 0.304 e. The van der Waals surface area contributed by atoms with Crippen LogP contribution in [0, 0.1) is 0 Å². The molecule has 0 saturated heterocycles. The van der Waals surface area contributed by atoms with Gasteiger partial charge in [0.1, 0.15) is 0 Å². The minimum atomic E-state index is 0.316. The van der Waals surface area contributed by atoms with E-state index >= 15 is 0 Å². The maximum Gasteiger partial charge on any atom is 0.0762 e.